The Balaban J connectivity index is 2.74. The number of amides is 2. The summed E-state index contributed by atoms with van der Waals surface area (Å²) in [4.78, 5) is 36.9. The molecule has 1 rings (SSSR count). The van der Waals surface area contributed by atoms with E-state index in [2.05, 4.69) is 5.32 Å². The van der Waals surface area contributed by atoms with Crippen molar-refractivity contribution in [3.8, 4) is 0 Å². The standard InChI is InChI=1S/C17H24N2O4S/c1-11-5-6-12(2)15(9-11)24-10-16(21)19(13(3)17(22)23)8-7-18-14(4)20/h5-6,9,13H,7-8,10H2,1-4H3,(H,18,20)(H,22,23). The lowest BCUT2D eigenvalue weighted by atomic mass is 10.2. The van der Waals surface area contributed by atoms with Crippen molar-refractivity contribution in [2.45, 2.75) is 38.6 Å². The zero-order valence-corrected chi connectivity index (χ0v) is 15.3. The summed E-state index contributed by atoms with van der Waals surface area (Å²) in [5.41, 5.74) is 2.19. The van der Waals surface area contributed by atoms with E-state index in [-0.39, 0.29) is 30.7 Å². The number of benzene rings is 1. The summed E-state index contributed by atoms with van der Waals surface area (Å²) >= 11 is 1.40. The number of hydrogen-bond donors (Lipinski definition) is 2. The molecule has 0 aliphatic carbocycles. The first kappa shape index (κ1) is 20.0. The molecule has 0 spiro atoms. The van der Waals surface area contributed by atoms with Gasteiger partial charge >= 0.3 is 5.97 Å². The van der Waals surface area contributed by atoms with Crippen LogP contribution in [0.25, 0.3) is 0 Å². The van der Waals surface area contributed by atoms with Gasteiger partial charge in [0.1, 0.15) is 6.04 Å². The fourth-order valence-electron chi connectivity index (χ4n) is 2.11. The van der Waals surface area contributed by atoms with Crippen molar-refractivity contribution in [2.24, 2.45) is 0 Å². The number of nitrogens with zero attached hydrogens (tertiary/aromatic N) is 1. The summed E-state index contributed by atoms with van der Waals surface area (Å²) in [5.74, 6) is -1.39. The van der Waals surface area contributed by atoms with Crippen LogP contribution < -0.4 is 5.32 Å². The SMILES string of the molecule is CC(=O)NCCN(C(=O)CSc1cc(C)ccc1C)C(C)C(=O)O. The molecule has 0 heterocycles. The third-order valence-electron chi connectivity index (χ3n) is 3.57. The predicted molar refractivity (Wildman–Crippen MR) is 94.1 cm³/mol. The molecule has 132 valence electrons. The molecule has 0 fully saturated rings. The van der Waals surface area contributed by atoms with Crippen LogP contribution in [0.1, 0.15) is 25.0 Å². The number of aliphatic carboxylic acids is 1. The third kappa shape index (κ3) is 6.23. The van der Waals surface area contributed by atoms with Gasteiger partial charge in [0.2, 0.25) is 11.8 Å². The lowest BCUT2D eigenvalue weighted by Crippen LogP contribution is -2.47. The molecule has 6 nitrogen and oxygen atoms in total. The largest absolute Gasteiger partial charge is 0.480 e. The number of thioether (sulfide) groups is 1. The molecule has 2 N–H and O–H groups in total. The van der Waals surface area contributed by atoms with Gasteiger partial charge in [0.25, 0.3) is 0 Å². The summed E-state index contributed by atoms with van der Waals surface area (Å²) in [6.45, 7) is 7.20. The first-order valence-electron chi connectivity index (χ1n) is 7.69. The van der Waals surface area contributed by atoms with Crippen molar-refractivity contribution >= 4 is 29.5 Å². The summed E-state index contributed by atoms with van der Waals surface area (Å²) in [6, 6.07) is 5.07. The Hall–Kier alpha value is -2.02. The smallest absolute Gasteiger partial charge is 0.326 e. The third-order valence-corrected chi connectivity index (χ3v) is 4.71. The van der Waals surface area contributed by atoms with Crippen molar-refractivity contribution < 1.29 is 19.5 Å². The fourth-order valence-corrected chi connectivity index (χ4v) is 3.11. The number of aryl methyl sites for hydroxylation is 2. The van der Waals surface area contributed by atoms with E-state index in [1.165, 1.54) is 30.5 Å². The van der Waals surface area contributed by atoms with E-state index in [0.29, 0.717) is 0 Å². The summed E-state index contributed by atoms with van der Waals surface area (Å²) < 4.78 is 0. The van der Waals surface area contributed by atoms with Crippen LogP contribution in [0.5, 0.6) is 0 Å². The second-order valence-electron chi connectivity index (χ2n) is 5.64. The molecular formula is C17H24N2O4S. The molecular weight excluding hydrogens is 328 g/mol. The number of carbonyl (C=O) groups is 3. The van der Waals surface area contributed by atoms with E-state index >= 15 is 0 Å². The van der Waals surface area contributed by atoms with Crippen molar-refractivity contribution in [1.82, 2.24) is 10.2 Å². The quantitative estimate of drug-likeness (QED) is 0.697. The highest BCUT2D eigenvalue weighted by Gasteiger charge is 2.25. The molecule has 1 unspecified atom stereocenters. The average molecular weight is 352 g/mol. The maximum atomic E-state index is 12.5. The molecule has 0 aliphatic heterocycles. The second kappa shape index (κ2) is 9.32. The molecule has 0 saturated heterocycles. The highest BCUT2D eigenvalue weighted by Crippen LogP contribution is 2.24. The Morgan fingerprint density at radius 1 is 1.29 bits per heavy atom. The molecule has 0 aliphatic rings. The molecule has 0 radical (unpaired) electrons. The molecule has 1 atom stereocenters. The van der Waals surface area contributed by atoms with Crippen LogP contribution in [0.15, 0.2) is 23.1 Å². The molecule has 1 aromatic carbocycles. The summed E-state index contributed by atoms with van der Waals surface area (Å²) in [7, 11) is 0. The van der Waals surface area contributed by atoms with Crippen LogP contribution in [0.3, 0.4) is 0 Å². The van der Waals surface area contributed by atoms with Crippen LogP contribution in [0.4, 0.5) is 0 Å². The number of carboxylic acid groups (broad SMARTS) is 1. The van der Waals surface area contributed by atoms with E-state index in [9.17, 15) is 19.5 Å². The van der Waals surface area contributed by atoms with Crippen molar-refractivity contribution in [1.29, 1.82) is 0 Å². The number of hydrogen-bond acceptors (Lipinski definition) is 4. The van der Waals surface area contributed by atoms with Crippen molar-refractivity contribution in [3.63, 3.8) is 0 Å². The minimum atomic E-state index is -1.07. The number of rotatable bonds is 8. The zero-order valence-electron chi connectivity index (χ0n) is 14.5. The fraction of sp³-hybridized carbons (Fsp3) is 0.471. The van der Waals surface area contributed by atoms with E-state index in [1.807, 2.05) is 32.0 Å². The van der Waals surface area contributed by atoms with Gasteiger partial charge in [-0.05, 0) is 32.4 Å². The lowest BCUT2D eigenvalue weighted by molar-refractivity contribution is -0.148. The Labute approximate surface area is 146 Å². The molecule has 1 aromatic rings. The molecule has 7 heteroatoms. The first-order valence-corrected chi connectivity index (χ1v) is 8.67. The first-order chi connectivity index (χ1) is 11.2. The van der Waals surface area contributed by atoms with Gasteiger partial charge in [-0.25, -0.2) is 4.79 Å². The van der Waals surface area contributed by atoms with Gasteiger partial charge in [-0.2, -0.15) is 0 Å². The average Bonchev–Trinajstić information content (AvgIpc) is 2.51. The summed E-state index contributed by atoms with van der Waals surface area (Å²) in [5, 5.41) is 11.8. The van der Waals surface area contributed by atoms with Gasteiger partial charge in [-0.3, -0.25) is 9.59 Å². The second-order valence-corrected chi connectivity index (χ2v) is 6.66. The molecule has 2 amide bonds. The van der Waals surface area contributed by atoms with E-state index in [4.69, 9.17) is 0 Å². The van der Waals surface area contributed by atoms with Crippen molar-refractivity contribution in [3.05, 3.63) is 29.3 Å². The molecule has 24 heavy (non-hydrogen) atoms. The molecule has 0 aromatic heterocycles. The monoisotopic (exact) mass is 352 g/mol. The normalized spacial score (nSPS) is 11.7. The minimum absolute atomic E-state index is 0.155. The molecule has 0 bridgehead atoms. The van der Waals surface area contributed by atoms with E-state index < -0.39 is 12.0 Å². The van der Waals surface area contributed by atoms with Crippen LogP contribution >= 0.6 is 11.8 Å². The predicted octanol–water partition coefficient (Wildman–Crippen LogP) is 1.83. The zero-order chi connectivity index (χ0) is 18.3. The number of carbonyl (C=O) groups excluding carboxylic acids is 2. The van der Waals surface area contributed by atoms with Gasteiger partial charge in [0.15, 0.2) is 0 Å². The van der Waals surface area contributed by atoms with Gasteiger partial charge < -0.3 is 15.3 Å². The number of carboxylic acids is 1. The summed E-state index contributed by atoms with van der Waals surface area (Å²) in [6.07, 6.45) is 0. The van der Waals surface area contributed by atoms with Gasteiger partial charge in [0.05, 0.1) is 5.75 Å². The van der Waals surface area contributed by atoms with Gasteiger partial charge in [-0.1, -0.05) is 17.7 Å². The maximum Gasteiger partial charge on any atom is 0.326 e. The van der Waals surface area contributed by atoms with Gasteiger partial charge in [0, 0.05) is 24.9 Å². The van der Waals surface area contributed by atoms with E-state index in [1.54, 1.807) is 0 Å². The number of nitrogens with one attached hydrogen (secondary N) is 1. The van der Waals surface area contributed by atoms with Crippen LogP contribution in [0, 0.1) is 13.8 Å². The Morgan fingerprint density at radius 2 is 1.96 bits per heavy atom. The van der Waals surface area contributed by atoms with Gasteiger partial charge in [-0.15, -0.1) is 11.8 Å². The Bertz CT molecular complexity index is 619. The maximum absolute atomic E-state index is 12.5. The topological polar surface area (TPSA) is 86.7 Å². The van der Waals surface area contributed by atoms with Crippen LogP contribution in [0.2, 0.25) is 0 Å². The van der Waals surface area contributed by atoms with Crippen LogP contribution in [-0.2, 0) is 14.4 Å². The Morgan fingerprint density at radius 3 is 2.54 bits per heavy atom. The highest BCUT2D eigenvalue weighted by atomic mass is 32.2. The van der Waals surface area contributed by atoms with E-state index in [0.717, 1.165) is 16.0 Å². The molecule has 0 saturated carbocycles. The highest BCUT2D eigenvalue weighted by molar-refractivity contribution is 8.00. The minimum Gasteiger partial charge on any atom is -0.480 e. The Kier molecular flexibility index (Phi) is 7.78. The lowest BCUT2D eigenvalue weighted by Gasteiger charge is -2.26. The van der Waals surface area contributed by atoms with Crippen LogP contribution in [-0.4, -0.2) is 52.7 Å². The van der Waals surface area contributed by atoms with Crippen molar-refractivity contribution in [2.75, 3.05) is 18.8 Å².